The zero-order valence-electron chi connectivity index (χ0n) is 19.9. The Morgan fingerprint density at radius 2 is 1.85 bits per heavy atom. The highest BCUT2D eigenvalue weighted by Gasteiger charge is 2.27. The number of hydrogen-bond donors (Lipinski definition) is 1. The number of ether oxygens (including phenoxy) is 1. The Labute approximate surface area is 193 Å². The van der Waals surface area contributed by atoms with Gasteiger partial charge >= 0.3 is 0 Å². The number of carbonyl (C=O) groups excluding carboxylic acids is 2. The minimum atomic E-state index is -0.354. The standard InChI is InChI=1S/C25H31N5O3/c1-15-10-16(2)13-30(12-15)25(32)19-8-6-7-9-20(19)27-21(31)14-33-24-22-17(3)11-18(4)26-23(22)29(5)28-24/h6-9,11,15-16H,10,12-14H2,1-5H3,(H,27,31)/t15-,16-/m1/s1. The van der Waals surface area contributed by atoms with Gasteiger partial charge in [-0.05, 0) is 55.9 Å². The average molecular weight is 450 g/mol. The van der Waals surface area contributed by atoms with Crippen LogP contribution in [0.25, 0.3) is 11.0 Å². The quantitative estimate of drug-likeness (QED) is 0.641. The second-order valence-electron chi connectivity index (χ2n) is 9.25. The lowest BCUT2D eigenvalue weighted by Crippen LogP contribution is -2.42. The third kappa shape index (κ3) is 4.84. The summed E-state index contributed by atoms with van der Waals surface area (Å²) < 4.78 is 7.41. The molecule has 0 radical (unpaired) electrons. The van der Waals surface area contributed by atoms with Gasteiger partial charge in [0.15, 0.2) is 12.3 Å². The summed E-state index contributed by atoms with van der Waals surface area (Å²) in [6.07, 6.45) is 1.12. The van der Waals surface area contributed by atoms with E-state index in [1.54, 1.807) is 29.9 Å². The van der Waals surface area contributed by atoms with Gasteiger partial charge in [-0.3, -0.25) is 9.59 Å². The lowest BCUT2D eigenvalue weighted by Gasteiger charge is -2.35. The van der Waals surface area contributed by atoms with Crippen molar-refractivity contribution < 1.29 is 14.3 Å². The zero-order valence-corrected chi connectivity index (χ0v) is 19.9. The van der Waals surface area contributed by atoms with E-state index in [9.17, 15) is 9.59 Å². The molecule has 0 unspecified atom stereocenters. The summed E-state index contributed by atoms with van der Waals surface area (Å²) in [6, 6.07) is 9.08. The van der Waals surface area contributed by atoms with Crippen LogP contribution in [-0.2, 0) is 11.8 Å². The first-order chi connectivity index (χ1) is 15.7. The lowest BCUT2D eigenvalue weighted by molar-refractivity contribution is -0.118. The van der Waals surface area contributed by atoms with E-state index in [2.05, 4.69) is 29.2 Å². The molecule has 0 saturated carbocycles. The number of amides is 2. The van der Waals surface area contributed by atoms with Crippen molar-refractivity contribution in [2.75, 3.05) is 25.0 Å². The molecule has 174 valence electrons. The number of carbonyl (C=O) groups is 2. The first-order valence-electron chi connectivity index (χ1n) is 11.3. The lowest BCUT2D eigenvalue weighted by atomic mass is 9.91. The van der Waals surface area contributed by atoms with Crippen LogP contribution in [0.1, 0.15) is 41.9 Å². The number of rotatable bonds is 5. The normalized spacial score (nSPS) is 18.4. The number of piperidine rings is 1. The van der Waals surface area contributed by atoms with Gasteiger partial charge in [0.2, 0.25) is 5.88 Å². The Balaban J connectivity index is 1.47. The van der Waals surface area contributed by atoms with Gasteiger partial charge < -0.3 is 15.0 Å². The Morgan fingerprint density at radius 1 is 1.15 bits per heavy atom. The Morgan fingerprint density at radius 3 is 2.58 bits per heavy atom. The molecule has 2 atom stereocenters. The molecule has 0 spiro atoms. The molecular formula is C25H31N5O3. The maximum absolute atomic E-state index is 13.2. The molecule has 1 fully saturated rings. The van der Waals surface area contributed by atoms with E-state index in [0.717, 1.165) is 36.2 Å². The van der Waals surface area contributed by atoms with E-state index in [0.29, 0.717) is 34.6 Å². The van der Waals surface area contributed by atoms with Gasteiger partial charge in [0.25, 0.3) is 11.8 Å². The second-order valence-corrected chi connectivity index (χ2v) is 9.25. The maximum Gasteiger partial charge on any atom is 0.262 e. The molecule has 8 nitrogen and oxygen atoms in total. The molecule has 1 aromatic carbocycles. The molecule has 1 saturated heterocycles. The van der Waals surface area contributed by atoms with Crippen molar-refractivity contribution in [3.63, 3.8) is 0 Å². The van der Waals surface area contributed by atoms with Gasteiger partial charge in [0, 0.05) is 25.8 Å². The number of aryl methyl sites for hydroxylation is 3. The molecule has 3 aromatic rings. The van der Waals surface area contributed by atoms with Crippen molar-refractivity contribution >= 4 is 28.5 Å². The Kier molecular flexibility index (Phi) is 6.35. The summed E-state index contributed by atoms with van der Waals surface area (Å²) >= 11 is 0. The minimum absolute atomic E-state index is 0.0574. The van der Waals surface area contributed by atoms with Crippen LogP contribution in [0.15, 0.2) is 30.3 Å². The van der Waals surface area contributed by atoms with E-state index >= 15 is 0 Å². The average Bonchev–Trinajstić information content (AvgIpc) is 3.07. The number of nitrogens with one attached hydrogen (secondary N) is 1. The summed E-state index contributed by atoms with van der Waals surface area (Å²) in [4.78, 5) is 32.3. The van der Waals surface area contributed by atoms with Crippen LogP contribution in [-0.4, -0.2) is 51.2 Å². The number of pyridine rings is 1. The van der Waals surface area contributed by atoms with Crippen molar-refractivity contribution in [3.05, 3.63) is 47.2 Å². The summed E-state index contributed by atoms with van der Waals surface area (Å²) in [5, 5.41) is 8.01. The smallest absolute Gasteiger partial charge is 0.262 e. The topological polar surface area (TPSA) is 89.4 Å². The number of fused-ring (bicyclic) bond motifs is 1. The SMILES string of the molecule is Cc1cc(C)c2c(OCC(=O)Nc3ccccc3C(=O)N3C[C@H](C)C[C@@H](C)C3)nn(C)c2n1. The number of hydrogen-bond acceptors (Lipinski definition) is 5. The fourth-order valence-electron chi connectivity index (χ4n) is 4.75. The zero-order chi connectivity index (χ0) is 23.7. The molecule has 0 aliphatic carbocycles. The monoisotopic (exact) mass is 449 g/mol. The minimum Gasteiger partial charge on any atom is -0.466 e. The molecule has 0 bridgehead atoms. The van der Waals surface area contributed by atoms with E-state index in [4.69, 9.17) is 4.74 Å². The summed E-state index contributed by atoms with van der Waals surface area (Å²) in [7, 11) is 1.80. The number of aromatic nitrogens is 3. The number of likely N-dealkylation sites (tertiary alicyclic amines) is 1. The molecule has 1 aliphatic rings. The number of nitrogens with zero attached hydrogens (tertiary/aromatic N) is 4. The molecule has 2 amide bonds. The molecule has 1 N–H and O–H groups in total. The molecular weight excluding hydrogens is 418 g/mol. The Bertz CT molecular complexity index is 1190. The van der Waals surface area contributed by atoms with Crippen molar-refractivity contribution in [2.45, 2.75) is 34.1 Å². The van der Waals surface area contributed by atoms with Gasteiger partial charge in [-0.25, -0.2) is 9.67 Å². The fraction of sp³-hybridized carbons (Fsp3) is 0.440. The first-order valence-corrected chi connectivity index (χ1v) is 11.3. The van der Waals surface area contributed by atoms with E-state index in [-0.39, 0.29) is 18.4 Å². The van der Waals surface area contributed by atoms with Crippen molar-refractivity contribution in [2.24, 2.45) is 18.9 Å². The maximum atomic E-state index is 13.2. The van der Waals surface area contributed by atoms with E-state index in [1.807, 2.05) is 30.9 Å². The van der Waals surface area contributed by atoms with Crippen molar-refractivity contribution in [1.82, 2.24) is 19.7 Å². The number of para-hydroxylation sites is 1. The molecule has 3 heterocycles. The van der Waals surface area contributed by atoms with E-state index in [1.165, 1.54) is 0 Å². The van der Waals surface area contributed by atoms with Crippen LogP contribution >= 0.6 is 0 Å². The predicted molar refractivity (Wildman–Crippen MR) is 127 cm³/mol. The van der Waals surface area contributed by atoms with Crippen molar-refractivity contribution in [3.8, 4) is 5.88 Å². The van der Waals surface area contributed by atoms with Crippen LogP contribution in [0.5, 0.6) is 5.88 Å². The first kappa shape index (κ1) is 22.8. The third-order valence-corrected chi connectivity index (χ3v) is 6.01. The highest BCUT2D eigenvalue weighted by atomic mass is 16.5. The van der Waals surface area contributed by atoms with Gasteiger partial charge in [-0.1, -0.05) is 26.0 Å². The van der Waals surface area contributed by atoms with Crippen LogP contribution in [0.2, 0.25) is 0 Å². The van der Waals surface area contributed by atoms with Gasteiger partial charge in [-0.2, -0.15) is 0 Å². The highest BCUT2D eigenvalue weighted by Crippen LogP contribution is 2.28. The van der Waals surface area contributed by atoms with Crippen LogP contribution < -0.4 is 10.1 Å². The van der Waals surface area contributed by atoms with Gasteiger partial charge in [0.05, 0.1) is 16.6 Å². The van der Waals surface area contributed by atoms with Crippen LogP contribution in [0.3, 0.4) is 0 Å². The van der Waals surface area contributed by atoms with Crippen LogP contribution in [0.4, 0.5) is 5.69 Å². The van der Waals surface area contributed by atoms with Gasteiger partial charge in [-0.15, -0.1) is 5.10 Å². The highest BCUT2D eigenvalue weighted by molar-refractivity contribution is 6.04. The summed E-state index contributed by atoms with van der Waals surface area (Å²) in [5.74, 6) is 0.879. The van der Waals surface area contributed by atoms with Crippen LogP contribution in [0, 0.1) is 25.7 Å². The number of benzene rings is 1. The molecule has 4 rings (SSSR count). The van der Waals surface area contributed by atoms with E-state index < -0.39 is 0 Å². The summed E-state index contributed by atoms with van der Waals surface area (Å²) in [5.41, 5.74) is 3.57. The number of anilines is 1. The molecule has 2 aromatic heterocycles. The van der Waals surface area contributed by atoms with Gasteiger partial charge in [0.1, 0.15) is 0 Å². The summed E-state index contributed by atoms with van der Waals surface area (Å²) in [6.45, 7) is 9.47. The predicted octanol–water partition coefficient (Wildman–Crippen LogP) is 3.72. The molecule has 8 heteroatoms. The largest absolute Gasteiger partial charge is 0.466 e. The Hall–Kier alpha value is -3.42. The molecule has 33 heavy (non-hydrogen) atoms. The third-order valence-electron chi connectivity index (χ3n) is 6.01. The second kappa shape index (κ2) is 9.21. The van der Waals surface area contributed by atoms with Crippen molar-refractivity contribution in [1.29, 1.82) is 0 Å². The molecule has 1 aliphatic heterocycles. The fourth-order valence-corrected chi connectivity index (χ4v) is 4.75.